The first kappa shape index (κ1) is 26.4. The number of hydrogen-bond donors (Lipinski definition) is 2. The molecule has 0 atom stereocenters. The lowest BCUT2D eigenvalue weighted by Gasteiger charge is -2.33. The number of sulfone groups is 1. The molecule has 3 N–H and O–H groups in total. The summed E-state index contributed by atoms with van der Waals surface area (Å²) in [5.41, 5.74) is 5.82. The van der Waals surface area contributed by atoms with E-state index in [1.807, 2.05) is 47.5 Å². The van der Waals surface area contributed by atoms with Gasteiger partial charge in [-0.2, -0.15) is 0 Å². The van der Waals surface area contributed by atoms with Crippen LogP contribution in [0.1, 0.15) is 15.9 Å². The number of urea groups is 1. The normalized spacial score (nSPS) is 14.8. The lowest BCUT2D eigenvalue weighted by molar-refractivity contribution is 0.0953. The zero-order valence-corrected chi connectivity index (χ0v) is 22.1. The molecule has 39 heavy (non-hydrogen) atoms. The van der Waals surface area contributed by atoms with E-state index in [1.165, 1.54) is 21.9 Å². The molecular formula is C28H28FN5O4S. The second-order valence-corrected chi connectivity index (χ2v) is 11.8. The van der Waals surface area contributed by atoms with Gasteiger partial charge in [-0.25, -0.2) is 23.4 Å². The van der Waals surface area contributed by atoms with Gasteiger partial charge in [0.25, 0.3) is 5.91 Å². The smallest absolute Gasteiger partial charge is 0.324 e. The number of nitrogens with zero attached hydrogens (tertiary/aromatic N) is 3. The molecule has 3 amide bonds. The van der Waals surface area contributed by atoms with Gasteiger partial charge in [0, 0.05) is 54.1 Å². The summed E-state index contributed by atoms with van der Waals surface area (Å²) in [6.45, 7) is 0.00360. The predicted octanol–water partition coefficient (Wildman–Crippen LogP) is 3.44. The third kappa shape index (κ3) is 5.50. The maximum absolute atomic E-state index is 15.0. The minimum Gasteiger partial charge on any atom is -0.351 e. The summed E-state index contributed by atoms with van der Waals surface area (Å²) in [7, 11) is -1.20. The first-order valence-electron chi connectivity index (χ1n) is 12.4. The van der Waals surface area contributed by atoms with Crippen LogP contribution in [0.2, 0.25) is 0 Å². The van der Waals surface area contributed by atoms with E-state index in [0.717, 1.165) is 28.1 Å². The fourth-order valence-corrected chi connectivity index (χ4v) is 5.91. The molecule has 0 saturated carbocycles. The van der Waals surface area contributed by atoms with Crippen LogP contribution in [0.4, 0.5) is 14.9 Å². The van der Waals surface area contributed by atoms with Crippen LogP contribution in [0.15, 0.2) is 72.9 Å². The Balaban J connectivity index is 1.46. The number of nitrogen functional groups attached to an aromatic ring is 1. The van der Waals surface area contributed by atoms with Crippen LogP contribution in [-0.2, 0) is 23.4 Å². The third-order valence-corrected chi connectivity index (χ3v) is 8.63. The van der Waals surface area contributed by atoms with Crippen molar-refractivity contribution in [1.82, 2.24) is 14.9 Å². The van der Waals surface area contributed by atoms with Gasteiger partial charge in [-0.15, -0.1) is 0 Å². The van der Waals surface area contributed by atoms with E-state index in [0.29, 0.717) is 5.69 Å². The van der Waals surface area contributed by atoms with Gasteiger partial charge in [-0.3, -0.25) is 15.1 Å². The van der Waals surface area contributed by atoms with Crippen LogP contribution >= 0.6 is 0 Å². The highest BCUT2D eigenvalue weighted by atomic mass is 32.2. The molecule has 0 aliphatic carbocycles. The van der Waals surface area contributed by atoms with E-state index in [-0.39, 0.29) is 42.3 Å². The van der Waals surface area contributed by atoms with Crippen LogP contribution in [0, 0.1) is 5.82 Å². The number of halogens is 1. The Hall–Kier alpha value is -4.22. The van der Waals surface area contributed by atoms with E-state index in [2.05, 4.69) is 12.1 Å². The number of hydrogen-bond acceptors (Lipinski definition) is 5. The van der Waals surface area contributed by atoms with Crippen molar-refractivity contribution >= 4 is 38.4 Å². The molecule has 1 saturated heterocycles. The van der Waals surface area contributed by atoms with Gasteiger partial charge in [0.15, 0.2) is 9.84 Å². The Morgan fingerprint density at radius 1 is 0.974 bits per heavy atom. The van der Waals surface area contributed by atoms with Crippen molar-refractivity contribution in [3.05, 3.63) is 89.9 Å². The Labute approximate surface area is 225 Å². The zero-order valence-electron chi connectivity index (χ0n) is 21.3. The number of anilines is 1. The number of nitrogens with two attached hydrogens (primary N) is 1. The Bertz CT molecular complexity index is 1650. The molecule has 9 nitrogen and oxygen atoms in total. The maximum Gasteiger partial charge on any atom is 0.324 e. The number of amides is 3. The van der Waals surface area contributed by atoms with Gasteiger partial charge in [-0.05, 0) is 53.6 Å². The van der Waals surface area contributed by atoms with Crippen molar-refractivity contribution in [3.8, 4) is 11.1 Å². The van der Waals surface area contributed by atoms with Crippen molar-refractivity contribution in [2.75, 3.05) is 29.5 Å². The van der Waals surface area contributed by atoms with Gasteiger partial charge in [0.2, 0.25) is 0 Å². The number of rotatable bonds is 5. The fraction of sp³-hybridized carbons (Fsp3) is 0.214. The Morgan fingerprint density at radius 2 is 1.67 bits per heavy atom. The van der Waals surface area contributed by atoms with Crippen LogP contribution in [0.3, 0.4) is 0 Å². The number of hydrazine groups is 1. The molecule has 1 aliphatic heterocycles. The topological polar surface area (TPSA) is 118 Å². The minimum atomic E-state index is -3.19. The first-order valence-corrected chi connectivity index (χ1v) is 14.2. The summed E-state index contributed by atoms with van der Waals surface area (Å²) in [5, 5.41) is 1.11. The number of carbonyl (C=O) groups excluding carboxylic acids is 2. The van der Waals surface area contributed by atoms with Crippen molar-refractivity contribution in [2.24, 2.45) is 12.9 Å². The molecule has 1 aliphatic rings. The molecule has 4 aromatic rings. The summed E-state index contributed by atoms with van der Waals surface area (Å²) in [6.07, 6.45) is 2.00. The van der Waals surface area contributed by atoms with E-state index in [4.69, 9.17) is 5.84 Å². The Morgan fingerprint density at radius 3 is 2.33 bits per heavy atom. The SMILES string of the molecule is Cn1ccc2cc(-c3ccc(N(Cc4ccc(C(=O)NN)cc4F)C(=O)N4CCS(=O)(=O)CC4)cc3)ccc21. The van der Waals surface area contributed by atoms with Crippen molar-refractivity contribution in [2.45, 2.75) is 6.54 Å². The zero-order chi connectivity index (χ0) is 27.7. The molecule has 11 heteroatoms. The van der Waals surface area contributed by atoms with Gasteiger partial charge < -0.3 is 9.47 Å². The fourth-order valence-electron chi connectivity index (χ4n) is 4.71. The molecule has 202 valence electrons. The third-order valence-electron chi connectivity index (χ3n) is 7.02. The van der Waals surface area contributed by atoms with Gasteiger partial charge >= 0.3 is 6.03 Å². The standard InChI is InChI=1S/C28H28FN5O4S/c1-32-11-10-21-16-20(6-9-26(21)32)19-4-7-24(8-5-19)34(28(36)33-12-14-39(37,38)15-13-33)18-23-3-2-22(17-25(23)29)27(35)31-30/h2-11,16-17H,12-15,18,30H2,1H3,(H,31,35). The summed E-state index contributed by atoms with van der Waals surface area (Å²) in [4.78, 5) is 28.3. The van der Waals surface area contributed by atoms with Crippen molar-refractivity contribution in [1.29, 1.82) is 0 Å². The number of nitrogens with one attached hydrogen (secondary N) is 1. The van der Waals surface area contributed by atoms with E-state index >= 15 is 0 Å². The van der Waals surface area contributed by atoms with Gasteiger partial charge in [-0.1, -0.05) is 24.3 Å². The molecule has 2 heterocycles. The summed E-state index contributed by atoms with van der Waals surface area (Å²) in [6, 6.07) is 19.1. The van der Waals surface area contributed by atoms with Crippen LogP contribution in [0.25, 0.3) is 22.0 Å². The van der Waals surface area contributed by atoms with Crippen LogP contribution in [0.5, 0.6) is 0 Å². The molecule has 5 rings (SSSR count). The average molecular weight is 550 g/mol. The molecule has 3 aromatic carbocycles. The molecular weight excluding hydrogens is 521 g/mol. The van der Waals surface area contributed by atoms with Crippen LogP contribution in [-0.4, -0.2) is 54.4 Å². The minimum absolute atomic E-state index is 0.0533. The monoisotopic (exact) mass is 549 g/mol. The van der Waals surface area contributed by atoms with Crippen LogP contribution < -0.4 is 16.2 Å². The lowest BCUT2D eigenvalue weighted by atomic mass is 10.0. The first-order chi connectivity index (χ1) is 18.6. The summed E-state index contributed by atoms with van der Waals surface area (Å²) in [5.74, 6) is 3.61. The number of aromatic nitrogens is 1. The quantitative estimate of drug-likeness (QED) is 0.225. The van der Waals surface area contributed by atoms with Crippen molar-refractivity contribution in [3.63, 3.8) is 0 Å². The highest BCUT2D eigenvalue weighted by Crippen LogP contribution is 2.29. The molecule has 0 radical (unpaired) electrons. The Kier molecular flexibility index (Phi) is 7.11. The van der Waals surface area contributed by atoms with Crippen molar-refractivity contribution < 1.29 is 22.4 Å². The molecule has 1 aromatic heterocycles. The number of carbonyl (C=O) groups is 2. The second-order valence-electron chi connectivity index (χ2n) is 9.53. The number of benzene rings is 3. The van der Waals surface area contributed by atoms with E-state index < -0.39 is 27.6 Å². The highest BCUT2D eigenvalue weighted by molar-refractivity contribution is 7.91. The highest BCUT2D eigenvalue weighted by Gasteiger charge is 2.29. The van der Waals surface area contributed by atoms with E-state index in [1.54, 1.807) is 12.1 Å². The molecule has 0 bridgehead atoms. The molecule has 0 unspecified atom stereocenters. The summed E-state index contributed by atoms with van der Waals surface area (Å²) < 4.78 is 40.9. The largest absolute Gasteiger partial charge is 0.351 e. The average Bonchev–Trinajstić information content (AvgIpc) is 3.31. The number of fused-ring (bicyclic) bond motifs is 1. The number of aryl methyl sites for hydroxylation is 1. The molecule has 0 spiro atoms. The van der Waals surface area contributed by atoms with Gasteiger partial charge in [0.1, 0.15) is 5.82 Å². The van der Waals surface area contributed by atoms with E-state index in [9.17, 15) is 22.4 Å². The molecule has 1 fully saturated rings. The second kappa shape index (κ2) is 10.5. The lowest BCUT2D eigenvalue weighted by Crippen LogP contribution is -2.49. The maximum atomic E-state index is 15.0. The van der Waals surface area contributed by atoms with Gasteiger partial charge in [0.05, 0.1) is 18.1 Å². The summed E-state index contributed by atoms with van der Waals surface area (Å²) >= 11 is 0. The predicted molar refractivity (Wildman–Crippen MR) is 148 cm³/mol.